The van der Waals surface area contributed by atoms with E-state index in [1.165, 1.54) is 51.4 Å². The van der Waals surface area contributed by atoms with Gasteiger partial charge in [-0.05, 0) is 105 Å². The highest BCUT2D eigenvalue weighted by molar-refractivity contribution is 5.66. The van der Waals surface area contributed by atoms with Crippen molar-refractivity contribution in [2.24, 2.45) is 40.4 Å². The zero-order chi connectivity index (χ0) is 22.4. The van der Waals surface area contributed by atoms with Gasteiger partial charge < -0.3 is 4.74 Å². The van der Waals surface area contributed by atoms with Gasteiger partial charge in [-0.1, -0.05) is 51.0 Å². The van der Waals surface area contributed by atoms with Crippen LogP contribution in [-0.2, 0) is 9.53 Å². The Morgan fingerprint density at radius 1 is 1.13 bits per heavy atom. The fourth-order valence-electron chi connectivity index (χ4n) is 8.50. The van der Waals surface area contributed by atoms with Crippen LogP contribution < -0.4 is 0 Å². The molecular formula is C29H46O2. The van der Waals surface area contributed by atoms with Crippen LogP contribution in [-0.4, -0.2) is 12.1 Å². The normalized spacial score (nSPS) is 42.5. The third-order valence-corrected chi connectivity index (χ3v) is 10.2. The monoisotopic (exact) mass is 426 g/mol. The maximum atomic E-state index is 11.5. The highest BCUT2D eigenvalue weighted by atomic mass is 16.5. The topological polar surface area (TPSA) is 26.3 Å². The van der Waals surface area contributed by atoms with Crippen LogP contribution >= 0.6 is 0 Å². The number of carbonyl (C=O) groups is 1. The Morgan fingerprint density at radius 3 is 2.61 bits per heavy atom. The predicted molar refractivity (Wildman–Crippen MR) is 129 cm³/mol. The number of esters is 1. The second kappa shape index (κ2) is 8.71. The average molecular weight is 427 g/mol. The second-order valence-electron chi connectivity index (χ2n) is 12.3. The molecule has 0 amide bonds. The molecule has 174 valence electrons. The van der Waals surface area contributed by atoms with Crippen LogP contribution in [0.4, 0.5) is 0 Å². The lowest BCUT2D eigenvalue weighted by Crippen LogP contribution is -2.50. The summed E-state index contributed by atoms with van der Waals surface area (Å²) in [5.74, 6) is 4.03. The van der Waals surface area contributed by atoms with Gasteiger partial charge in [0.2, 0.25) is 0 Å². The Hall–Kier alpha value is -1.05. The Kier molecular flexibility index (Phi) is 6.50. The van der Waals surface area contributed by atoms with Gasteiger partial charge in [0, 0.05) is 13.3 Å². The van der Waals surface area contributed by atoms with Gasteiger partial charge in [-0.25, -0.2) is 0 Å². The standard InChI is InChI=1S/C29H46O2/c1-19(2)8-7-9-20(3)25-12-13-26-24-11-10-22-18-23(31-21(4)30)14-16-28(22,5)27(24)15-17-29(25,26)6/h9-10,19,23-27H,7-8,11-18H2,1-6H3/b20-9-/t23-,24-,25+,26-,27-,28-,29+/m1/s1. The van der Waals surface area contributed by atoms with E-state index in [9.17, 15) is 4.79 Å². The minimum atomic E-state index is -0.120. The quantitative estimate of drug-likeness (QED) is 0.330. The smallest absolute Gasteiger partial charge is 0.302 e. The zero-order valence-corrected chi connectivity index (χ0v) is 21.0. The lowest BCUT2D eigenvalue weighted by molar-refractivity contribution is -0.148. The number of ether oxygens (including phenoxy) is 1. The second-order valence-corrected chi connectivity index (χ2v) is 12.3. The number of carbonyl (C=O) groups excluding carboxylic acids is 1. The van der Waals surface area contributed by atoms with E-state index in [4.69, 9.17) is 4.74 Å². The number of hydrogen-bond acceptors (Lipinski definition) is 2. The van der Waals surface area contributed by atoms with Gasteiger partial charge >= 0.3 is 5.97 Å². The fourth-order valence-corrected chi connectivity index (χ4v) is 8.50. The van der Waals surface area contributed by atoms with Crippen LogP contribution in [0, 0.1) is 40.4 Å². The minimum absolute atomic E-state index is 0.108. The molecule has 0 heterocycles. The number of fused-ring (bicyclic) bond motifs is 5. The summed E-state index contributed by atoms with van der Waals surface area (Å²) in [5.41, 5.74) is 4.12. The molecule has 0 N–H and O–H groups in total. The van der Waals surface area contributed by atoms with Crippen molar-refractivity contribution in [3.8, 4) is 0 Å². The van der Waals surface area contributed by atoms with Crippen molar-refractivity contribution in [1.82, 2.24) is 0 Å². The molecule has 4 rings (SSSR count). The summed E-state index contributed by atoms with van der Waals surface area (Å²) in [7, 11) is 0. The van der Waals surface area contributed by atoms with Crippen LogP contribution in [0.15, 0.2) is 23.3 Å². The fraction of sp³-hybridized carbons (Fsp3) is 0.828. The maximum Gasteiger partial charge on any atom is 0.302 e. The summed E-state index contributed by atoms with van der Waals surface area (Å²) in [4.78, 5) is 11.5. The van der Waals surface area contributed by atoms with E-state index in [-0.39, 0.29) is 12.1 Å². The van der Waals surface area contributed by atoms with Gasteiger partial charge in [0.05, 0.1) is 0 Å². The van der Waals surface area contributed by atoms with E-state index in [1.54, 1.807) is 18.1 Å². The molecule has 0 spiro atoms. The number of allylic oxidation sites excluding steroid dienone is 3. The first kappa shape index (κ1) is 23.1. The molecule has 0 aliphatic heterocycles. The van der Waals surface area contributed by atoms with Crippen molar-refractivity contribution in [2.75, 3.05) is 0 Å². The summed E-state index contributed by atoms with van der Waals surface area (Å²) in [6.07, 6.45) is 17.9. The van der Waals surface area contributed by atoms with Crippen molar-refractivity contribution in [3.63, 3.8) is 0 Å². The van der Waals surface area contributed by atoms with Crippen molar-refractivity contribution in [2.45, 2.75) is 112 Å². The average Bonchev–Trinajstić information content (AvgIpc) is 3.05. The SMILES string of the molecule is CC(=O)O[C@@H]1CC[C@]2(C)C(=CC[C@@H]3[C@H]4CC[C@@H](/C(C)=C\CCC(C)C)[C@]4(C)CC[C@H]32)C1. The molecule has 2 nitrogen and oxygen atoms in total. The van der Waals surface area contributed by atoms with Crippen molar-refractivity contribution in [1.29, 1.82) is 0 Å². The van der Waals surface area contributed by atoms with E-state index in [2.05, 4.69) is 46.8 Å². The molecule has 3 saturated carbocycles. The molecule has 7 atom stereocenters. The summed E-state index contributed by atoms with van der Waals surface area (Å²) in [6.45, 7) is 13.8. The van der Waals surface area contributed by atoms with Gasteiger partial charge in [-0.15, -0.1) is 0 Å². The molecule has 0 aromatic carbocycles. The maximum absolute atomic E-state index is 11.5. The first-order valence-corrected chi connectivity index (χ1v) is 13.2. The molecule has 0 radical (unpaired) electrons. The first-order valence-electron chi connectivity index (χ1n) is 13.2. The molecule has 0 saturated heterocycles. The highest BCUT2D eigenvalue weighted by Crippen LogP contribution is 2.67. The van der Waals surface area contributed by atoms with Crippen LogP contribution in [0.1, 0.15) is 106 Å². The molecule has 2 heteroatoms. The number of rotatable bonds is 5. The van der Waals surface area contributed by atoms with Crippen LogP contribution in [0.2, 0.25) is 0 Å². The van der Waals surface area contributed by atoms with Crippen LogP contribution in [0.25, 0.3) is 0 Å². The molecule has 3 fully saturated rings. The molecule has 0 aromatic heterocycles. The third kappa shape index (κ3) is 4.18. The third-order valence-electron chi connectivity index (χ3n) is 10.2. The number of hydrogen-bond donors (Lipinski definition) is 0. The van der Waals surface area contributed by atoms with Gasteiger partial charge in [-0.3, -0.25) is 4.79 Å². The van der Waals surface area contributed by atoms with Crippen molar-refractivity contribution >= 4 is 5.97 Å². The molecule has 31 heavy (non-hydrogen) atoms. The predicted octanol–water partition coefficient (Wildman–Crippen LogP) is 7.88. The largest absolute Gasteiger partial charge is 0.462 e. The van der Waals surface area contributed by atoms with Gasteiger partial charge in [0.15, 0.2) is 0 Å². The zero-order valence-electron chi connectivity index (χ0n) is 21.0. The Bertz CT molecular complexity index is 746. The lowest BCUT2D eigenvalue weighted by Gasteiger charge is -2.58. The van der Waals surface area contributed by atoms with E-state index >= 15 is 0 Å². The first-order chi connectivity index (χ1) is 14.6. The van der Waals surface area contributed by atoms with Gasteiger partial charge in [0.25, 0.3) is 0 Å². The Balaban J connectivity index is 1.50. The van der Waals surface area contributed by atoms with Gasteiger partial charge in [-0.2, -0.15) is 0 Å². The van der Waals surface area contributed by atoms with E-state index < -0.39 is 0 Å². The molecule has 4 aliphatic carbocycles. The Labute approximate surface area is 191 Å². The summed E-state index contributed by atoms with van der Waals surface area (Å²) in [5, 5.41) is 0. The van der Waals surface area contributed by atoms with E-state index in [1.807, 2.05) is 0 Å². The summed E-state index contributed by atoms with van der Waals surface area (Å²) >= 11 is 0. The molecular weight excluding hydrogens is 380 g/mol. The lowest BCUT2D eigenvalue weighted by atomic mass is 9.47. The van der Waals surface area contributed by atoms with Crippen molar-refractivity contribution < 1.29 is 9.53 Å². The molecule has 0 bridgehead atoms. The molecule has 4 aliphatic rings. The van der Waals surface area contributed by atoms with Crippen molar-refractivity contribution in [3.05, 3.63) is 23.3 Å². The Morgan fingerprint density at radius 2 is 1.90 bits per heavy atom. The van der Waals surface area contributed by atoms with Crippen LogP contribution in [0.5, 0.6) is 0 Å². The summed E-state index contributed by atoms with van der Waals surface area (Å²) < 4.78 is 5.61. The molecule has 0 unspecified atom stereocenters. The van der Waals surface area contributed by atoms with E-state index in [0.717, 1.165) is 42.4 Å². The molecule has 0 aromatic rings. The minimum Gasteiger partial charge on any atom is -0.462 e. The van der Waals surface area contributed by atoms with Gasteiger partial charge in [0.1, 0.15) is 6.10 Å². The van der Waals surface area contributed by atoms with Crippen LogP contribution in [0.3, 0.4) is 0 Å². The highest BCUT2D eigenvalue weighted by Gasteiger charge is 2.58. The summed E-state index contributed by atoms with van der Waals surface area (Å²) in [6, 6.07) is 0. The van der Waals surface area contributed by atoms with E-state index in [0.29, 0.717) is 10.8 Å².